The SMILES string of the molecule is C[C@]12CCC3c4ccccc4CCC3C1[C@H](CCCC(=O)Nc1cccnn1)CC2=O. The van der Waals surface area contributed by atoms with Crippen LogP contribution in [0.4, 0.5) is 5.82 Å². The standard InChI is InChI=1S/C26H31N3O2/c1-26-14-13-20-19-8-3-2-6-17(19)11-12-21(20)25(26)18(16-22(26)30)7-4-10-24(31)28-23-9-5-15-27-29-23/h2-3,5-6,8-9,15,18,20-21,25H,4,7,10-14,16H2,1H3,(H,28,29,31)/t18-,20?,21?,25?,26-/m1/s1. The second-order valence-corrected chi connectivity index (χ2v) is 9.93. The van der Waals surface area contributed by atoms with Crippen molar-refractivity contribution in [3.8, 4) is 0 Å². The largest absolute Gasteiger partial charge is 0.309 e. The molecule has 0 spiro atoms. The lowest BCUT2D eigenvalue weighted by molar-refractivity contribution is -0.129. The van der Waals surface area contributed by atoms with Gasteiger partial charge in [-0.2, -0.15) is 5.10 Å². The molecule has 1 aromatic heterocycles. The topological polar surface area (TPSA) is 72.0 Å². The molecule has 1 aromatic carbocycles. The van der Waals surface area contributed by atoms with Crippen LogP contribution in [0.25, 0.3) is 0 Å². The van der Waals surface area contributed by atoms with Gasteiger partial charge in [0, 0.05) is 24.5 Å². The van der Waals surface area contributed by atoms with Crippen molar-refractivity contribution in [2.24, 2.45) is 23.2 Å². The number of amides is 1. The Bertz CT molecular complexity index is 976. The van der Waals surface area contributed by atoms with Crippen molar-refractivity contribution in [3.63, 3.8) is 0 Å². The summed E-state index contributed by atoms with van der Waals surface area (Å²) >= 11 is 0. The number of carbonyl (C=O) groups excluding carboxylic acids is 2. The molecule has 1 N–H and O–H groups in total. The van der Waals surface area contributed by atoms with E-state index in [0.29, 0.717) is 48.1 Å². The summed E-state index contributed by atoms with van der Waals surface area (Å²) in [5, 5.41) is 10.5. The summed E-state index contributed by atoms with van der Waals surface area (Å²) in [7, 11) is 0. The van der Waals surface area contributed by atoms with Crippen molar-refractivity contribution >= 4 is 17.5 Å². The Labute approximate surface area is 184 Å². The van der Waals surface area contributed by atoms with Crippen molar-refractivity contribution < 1.29 is 9.59 Å². The zero-order chi connectivity index (χ0) is 21.4. The van der Waals surface area contributed by atoms with Gasteiger partial charge in [-0.25, -0.2) is 0 Å². The number of rotatable bonds is 5. The average molecular weight is 418 g/mol. The second kappa shape index (κ2) is 8.18. The van der Waals surface area contributed by atoms with E-state index in [4.69, 9.17) is 0 Å². The molecule has 2 aromatic rings. The van der Waals surface area contributed by atoms with E-state index in [9.17, 15) is 9.59 Å². The minimum absolute atomic E-state index is 0.0271. The fourth-order valence-electron chi connectivity index (χ4n) is 6.94. The highest BCUT2D eigenvalue weighted by atomic mass is 16.1. The highest BCUT2D eigenvalue weighted by Gasteiger charge is 2.58. The zero-order valence-corrected chi connectivity index (χ0v) is 18.2. The van der Waals surface area contributed by atoms with Crippen LogP contribution in [0, 0.1) is 23.2 Å². The maximum Gasteiger partial charge on any atom is 0.225 e. The Morgan fingerprint density at radius 2 is 2.06 bits per heavy atom. The molecule has 3 unspecified atom stereocenters. The maximum absolute atomic E-state index is 13.1. The Kier molecular flexibility index (Phi) is 5.37. The molecule has 1 amide bonds. The Morgan fingerprint density at radius 3 is 2.90 bits per heavy atom. The predicted octanol–water partition coefficient (Wildman–Crippen LogP) is 4.94. The average Bonchev–Trinajstić information content (AvgIpc) is 3.04. The fraction of sp³-hybridized carbons (Fsp3) is 0.538. The van der Waals surface area contributed by atoms with Gasteiger partial charge in [0.25, 0.3) is 0 Å². The minimum Gasteiger partial charge on any atom is -0.309 e. The van der Waals surface area contributed by atoms with E-state index in [1.54, 1.807) is 18.3 Å². The van der Waals surface area contributed by atoms with Gasteiger partial charge in [-0.15, -0.1) is 5.10 Å². The lowest BCUT2D eigenvalue weighted by Gasteiger charge is -2.50. The highest BCUT2D eigenvalue weighted by molar-refractivity contribution is 5.89. The summed E-state index contributed by atoms with van der Waals surface area (Å²) in [6.07, 6.45) is 8.97. The molecule has 2 fully saturated rings. The normalized spacial score (nSPS) is 31.5. The fourth-order valence-corrected chi connectivity index (χ4v) is 6.94. The number of Topliss-reactive ketones (excluding diaryl/α,β-unsaturated/α-hetero) is 1. The summed E-state index contributed by atoms with van der Waals surface area (Å²) in [6.45, 7) is 2.23. The van der Waals surface area contributed by atoms with Crippen molar-refractivity contribution in [2.45, 2.75) is 64.2 Å². The van der Waals surface area contributed by atoms with Gasteiger partial charge in [0.15, 0.2) is 5.82 Å². The first kappa shape index (κ1) is 20.3. The van der Waals surface area contributed by atoms with Crippen LogP contribution in [-0.2, 0) is 16.0 Å². The van der Waals surface area contributed by atoms with Crippen molar-refractivity contribution in [2.75, 3.05) is 5.32 Å². The molecule has 0 aliphatic heterocycles. The van der Waals surface area contributed by atoms with Crippen LogP contribution in [0.5, 0.6) is 0 Å². The van der Waals surface area contributed by atoms with E-state index in [0.717, 1.165) is 32.1 Å². The monoisotopic (exact) mass is 417 g/mol. The van der Waals surface area contributed by atoms with Crippen LogP contribution in [0.2, 0.25) is 0 Å². The first-order valence-corrected chi connectivity index (χ1v) is 11.7. The van der Waals surface area contributed by atoms with Crippen molar-refractivity contribution in [1.29, 1.82) is 0 Å². The van der Waals surface area contributed by atoms with Crippen LogP contribution in [0.1, 0.15) is 68.9 Å². The molecule has 162 valence electrons. The van der Waals surface area contributed by atoms with E-state index in [1.165, 1.54) is 17.5 Å². The lowest BCUT2D eigenvalue weighted by Crippen LogP contribution is -2.44. The smallest absolute Gasteiger partial charge is 0.225 e. The number of nitrogens with zero attached hydrogens (tertiary/aromatic N) is 2. The van der Waals surface area contributed by atoms with Gasteiger partial charge in [0.05, 0.1) is 0 Å². The molecule has 3 aliphatic rings. The summed E-state index contributed by atoms with van der Waals surface area (Å²) < 4.78 is 0. The van der Waals surface area contributed by atoms with Gasteiger partial charge in [-0.1, -0.05) is 31.2 Å². The lowest BCUT2D eigenvalue weighted by atomic mass is 9.54. The number of aryl methyl sites for hydroxylation is 1. The molecular weight excluding hydrogens is 386 g/mol. The molecule has 5 nitrogen and oxygen atoms in total. The molecule has 5 rings (SSSR count). The van der Waals surface area contributed by atoms with Crippen molar-refractivity contribution in [1.82, 2.24) is 10.2 Å². The second-order valence-electron chi connectivity index (χ2n) is 9.93. The molecule has 5 heteroatoms. The number of aromatic nitrogens is 2. The first-order valence-electron chi connectivity index (χ1n) is 11.7. The number of hydrogen-bond donors (Lipinski definition) is 1. The van der Waals surface area contributed by atoms with Gasteiger partial charge in [-0.3, -0.25) is 9.59 Å². The Morgan fingerprint density at radius 1 is 1.19 bits per heavy atom. The summed E-state index contributed by atoms with van der Waals surface area (Å²) in [5.41, 5.74) is 2.87. The number of anilines is 1. The zero-order valence-electron chi connectivity index (χ0n) is 18.2. The molecule has 5 atom stereocenters. The Balaban J connectivity index is 1.27. The van der Waals surface area contributed by atoms with Gasteiger partial charge in [-0.05, 0) is 85.5 Å². The summed E-state index contributed by atoms with van der Waals surface area (Å²) in [6, 6.07) is 12.4. The van der Waals surface area contributed by atoms with E-state index in [-0.39, 0.29) is 11.3 Å². The predicted molar refractivity (Wildman–Crippen MR) is 119 cm³/mol. The summed E-state index contributed by atoms with van der Waals surface area (Å²) in [4.78, 5) is 25.4. The minimum atomic E-state index is -0.167. The Hall–Kier alpha value is -2.56. The van der Waals surface area contributed by atoms with Crippen LogP contribution < -0.4 is 5.32 Å². The number of ketones is 1. The number of carbonyl (C=O) groups is 2. The number of hydrogen-bond acceptors (Lipinski definition) is 4. The molecular formula is C26H31N3O2. The van der Waals surface area contributed by atoms with E-state index in [2.05, 4.69) is 46.7 Å². The number of nitrogens with one attached hydrogen (secondary N) is 1. The molecule has 3 aliphatic carbocycles. The van der Waals surface area contributed by atoms with Gasteiger partial charge in [0.1, 0.15) is 5.78 Å². The summed E-state index contributed by atoms with van der Waals surface area (Å²) in [5.74, 6) is 2.97. The van der Waals surface area contributed by atoms with Gasteiger partial charge in [0.2, 0.25) is 5.91 Å². The molecule has 1 heterocycles. The molecule has 0 bridgehead atoms. The van der Waals surface area contributed by atoms with E-state index in [1.807, 2.05) is 0 Å². The third-order valence-corrected chi connectivity index (χ3v) is 8.30. The quantitative estimate of drug-likeness (QED) is 0.748. The third-order valence-electron chi connectivity index (χ3n) is 8.30. The maximum atomic E-state index is 13.1. The molecule has 0 radical (unpaired) electrons. The van der Waals surface area contributed by atoms with E-state index < -0.39 is 0 Å². The van der Waals surface area contributed by atoms with Crippen LogP contribution in [0.15, 0.2) is 42.6 Å². The number of fused-ring (bicyclic) bond motifs is 5. The molecule has 0 saturated heterocycles. The number of benzene rings is 1. The molecule has 2 saturated carbocycles. The van der Waals surface area contributed by atoms with Gasteiger partial charge < -0.3 is 5.32 Å². The van der Waals surface area contributed by atoms with E-state index >= 15 is 0 Å². The highest BCUT2D eigenvalue weighted by Crippen LogP contribution is 2.62. The van der Waals surface area contributed by atoms with Gasteiger partial charge >= 0.3 is 0 Å². The first-order chi connectivity index (χ1) is 15.1. The van der Waals surface area contributed by atoms with Crippen LogP contribution in [-0.4, -0.2) is 21.9 Å². The third kappa shape index (κ3) is 3.68. The molecule has 31 heavy (non-hydrogen) atoms. The van der Waals surface area contributed by atoms with Crippen molar-refractivity contribution in [3.05, 3.63) is 53.7 Å². The van der Waals surface area contributed by atoms with Crippen LogP contribution in [0.3, 0.4) is 0 Å². The van der Waals surface area contributed by atoms with Crippen LogP contribution >= 0.6 is 0 Å².